The fourth-order valence-corrected chi connectivity index (χ4v) is 14.5. The van der Waals surface area contributed by atoms with Crippen LogP contribution in [0, 0.1) is 15.4 Å². The van der Waals surface area contributed by atoms with Gasteiger partial charge in [0.1, 0.15) is 41.9 Å². The molecule has 0 radical (unpaired) electrons. The second-order valence-corrected chi connectivity index (χ2v) is 30.3. The lowest BCUT2D eigenvalue weighted by atomic mass is 9.81. The van der Waals surface area contributed by atoms with Gasteiger partial charge in [-0.25, -0.2) is 24.2 Å². The minimum atomic E-state index is -5.04. The van der Waals surface area contributed by atoms with E-state index in [2.05, 4.69) is 64.8 Å². The molecule has 1 aliphatic heterocycles. The van der Waals surface area contributed by atoms with E-state index in [0.717, 1.165) is 31.9 Å². The predicted octanol–water partition coefficient (Wildman–Crippen LogP) is 4.18. The largest absolute Gasteiger partial charge is 0.481 e. The molecule has 0 bridgehead atoms. The summed E-state index contributed by atoms with van der Waals surface area (Å²) in [5.74, 6) is -9.79. The number of aryl methyl sites for hydroxylation is 1. The van der Waals surface area contributed by atoms with E-state index in [-0.39, 0.29) is 121 Å². The van der Waals surface area contributed by atoms with E-state index in [4.69, 9.17) is 5.11 Å². The Morgan fingerprint density at radius 1 is 0.554 bits per heavy atom. The normalized spacial score (nSPS) is 17.2. The molecule has 1 aromatic heterocycles. The highest BCUT2D eigenvalue weighted by Crippen LogP contribution is 2.45. The maximum Gasteiger partial charge on any atom is 0.354 e. The predicted molar refractivity (Wildman–Crippen MR) is 379 cm³/mol. The van der Waals surface area contributed by atoms with Gasteiger partial charge in [0.2, 0.25) is 29.5 Å². The zero-order valence-electron chi connectivity index (χ0n) is 56.2. The summed E-state index contributed by atoms with van der Waals surface area (Å²) in [4.78, 5) is 178. The van der Waals surface area contributed by atoms with Crippen molar-refractivity contribution in [2.45, 2.75) is 152 Å². The van der Waals surface area contributed by atoms with Gasteiger partial charge in [-0.15, -0.1) is 0 Å². The number of nitrogens with zero attached hydrogens (tertiary/aromatic N) is 4. The summed E-state index contributed by atoms with van der Waals surface area (Å²) in [5, 5.41) is 58.3. The average Bonchev–Trinajstić information content (AvgIpc) is 1.62. The summed E-state index contributed by atoms with van der Waals surface area (Å²) in [5.41, 5.74) is 2.06. The third-order valence-corrected chi connectivity index (χ3v) is 20.6. The number of hydrogen-bond acceptors (Lipinski definition) is 16. The highest BCUT2D eigenvalue weighted by Gasteiger charge is 2.37. The molecular formula is C67H94IN11O20P2. The van der Waals surface area contributed by atoms with Gasteiger partial charge in [-0.2, -0.15) is 0 Å². The maximum atomic E-state index is 14.2. The van der Waals surface area contributed by atoms with Crippen molar-refractivity contribution in [3.63, 3.8) is 0 Å². The monoisotopic (exact) mass is 1560 g/mol. The highest BCUT2D eigenvalue weighted by atomic mass is 127. The number of rotatable bonds is 40. The molecule has 3 aromatic carbocycles. The molecule has 2 aliphatic rings. The lowest BCUT2D eigenvalue weighted by Crippen LogP contribution is -2.51. The minimum absolute atomic E-state index is 0.00780. The number of nitrogens with one attached hydrogen (secondary N) is 7. The fraction of sp³-hybridized carbons (Fsp3) is 0.537. The Labute approximate surface area is 599 Å². The van der Waals surface area contributed by atoms with E-state index in [1.54, 1.807) is 6.07 Å². The van der Waals surface area contributed by atoms with Crippen LogP contribution in [0.2, 0.25) is 0 Å². The molecule has 5 atom stereocenters. The van der Waals surface area contributed by atoms with Crippen LogP contribution in [0.5, 0.6) is 0 Å². The molecule has 7 amide bonds. The lowest BCUT2D eigenvalue weighted by Gasteiger charge is -2.33. The van der Waals surface area contributed by atoms with Crippen molar-refractivity contribution in [1.82, 2.24) is 56.9 Å². The van der Waals surface area contributed by atoms with Crippen LogP contribution in [0.3, 0.4) is 0 Å². The molecule has 15 N–H and O–H groups in total. The molecule has 554 valence electrons. The van der Waals surface area contributed by atoms with E-state index < -0.39 is 124 Å². The smallest absolute Gasteiger partial charge is 0.354 e. The molecule has 31 nitrogen and oxygen atoms in total. The molecular weight excluding hydrogens is 1470 g/mol. The Morgan fingerprint density at radius 2 is 1.16 bits per heavy atom. The Morgan fingerprint density at radius 3 is 1.80 bits per heavy atom. The molecule has 6 rings (SSSR count). The molecule has 2 fully saturated rings. The molecule has 1 saturated heterocycles. The minimum Gasteiger partial charge on any atom is -0.481 e. The Kier molecular flexibility index (Phi) is 33.9. The number of aromatic nitrogens is 1. The Hall–Kier alpha value is -7.52. The Bertz CT molecular complexity index is 3560. The van der Waals surface area contributed by atoms with Crippen LogP contribution >= 0.6 is 37.8 Å². The van der Waals surface area contributed by atoms with Crippen molar-refractivity contribution in [2.75, 3.05) is 65.2 Å². The van der Waals surface area contributed by atoms with Gasteiger partial charge < -0.3 is 77.2 Å². The third kappa shape index (κ3) is 30.5. The number of amides is 7. The summed E-state index contributed by atoms with van der Waals surface area (Å²) < 4.78 is 26.7. The molecule has 1 saturated carbocycles. The van der Waals surface area contributed by atoms with Gasteiger partial charge in [0.05, 0.1) is 5.69 Å². The van der Waals surface area contributed by atoms with E-state index in [1.807, 2.05) is 71.6 Å². The van der Waals surface area contributed by atoms with Crippen molar-refractivity contribution in [1.29, 1.82) is 0 Å². The van der Waals surface area contributed by atoms with E-state index >= 15 is 0 Å². The van der Waals surface area contributed by atoms with Gasteiger partial charge in [0.15, 0.2) is 0 Å². The number of benzene rings is 3. The first-order valence-electron chi connectivity index (χ1n) is 33.8. The number of carboxylic acids is 4. The summed E-state index contributed by atoms with van der Waals surface area (Å²) in [6, 6.07) is 19.6. The first-order valence-corrected chi connectivity index (χ1v) is 38.4. The van der Waals surface area contributed by atoms with Crippen molar-refractivity contribution >= 4 is 108 Å². The first-order chi connectivity index (χ1) is 48.0. The van der Waals surface area contributed by atoms with Crippen molar-refractivity contribution < 1.29 is 97.1 Å². The van der Waals surface area contributed by atoms with E-state index in [9.17, 15) is 92.0 Å². The number of carboxylic acid groups (broad SMARTS) is 4. The summed E-state index contributed by atoms with van der Waals surface area (Å²) in [6.45, 7) is 1.15. The molecule has 2 heterocycles. The topological polar surface area (TPSA) is 474 Å². The third-order valence-electron chi connectivity index (χ3n) is 17.8. The lowest BCUT2D eigenvalue weighted by molar-refractivity contribution is -0.141. The highest BCUT2D eigenvalue weighted by molar-refractivity contribution is 14.1. The van der Waals surface area contributed by atoms with Crippen LogP contribution in [0.25, 0.3) is 10.8 Å². The van der Waals surface area contributed by atoms with Gasteiger partial charge in [0.25, 0.3) is 0 Å². The number of unbranched alkanes of at least 4 members (excludes halogenated alkanes) is 2. The van der Waals surface area contributed by atoms with Crippen LogP contribution in [-0.4, -0.2) is 214 Å². The van der Waals surface area contributed by atoms with Crippen LogP contribution in [0.15, 0.2) is 84.9 Å². The molecule has 101 heavy (non-hydrogen) atoms. The van der Waals surface area contributed by atoms with E-state index in [1.165, 1.54) is 21.9 Å². The number of fused-ring (bicyclic) bond motifs is 1. The van der Waals surface area contributed by atoms with E-state index in [0.29, 0.717) is 63.6 Å². The number of halogens is 1. The van der Waals surface area contributed by atoms with Crippen LogP contribution in [-0.2, 0) is 66.9 Å². The zero-order chi connectivity index (χ0) is 73.7. The van der Waals surface area contributed by atoms with Crippen LogP contribution < -0.4 is 37.2 Å². The van der Waals surface area contributed by atoms with Crippen molar-refractivity contribution in [3.05, 3.63) is 111 Å². The molecule has 34 heteroatoms. The summed E-state index contributed by atoms with van der Waals surface area (Å²) in [6.07, 6.45) is 2.43. The van der Waals surface area contributed by atoms with Gasteiger partial charge >= 0.3 is 45.1 Å². The van der Waals surface area contributed by atoms with Gasteiger partial charge in [-0.3, -0.25) is 52.6 Å². The number of urea groups is 1. The number of carbonyl (C=O) groups is 10. The maximum absolute atomic E-state index is 14.2. The molecule has 1 aliphatic carbocycles. The van der Waals surface area contributed by atoms with Crippen LogP contribution in [0.1, 0.15) is 130 Å². The Balaban J connectivity index is 1.06. The summed E-state index contributed by atoms with van der Waals surface area (Å²) >= 11 is 2.23. The quantitative estimate of drug-likeness (QED) is 0.0169. The van der Waals surface area contributed by atoms with Crippen LogP contribution in [0.4, 0.5) is 4.79 Å². The van der Waals surface area contributed by atoms with Gasteiger partial charge in [-0.1, -0.05) is 60.7 Å². The fourth-order valence-electron chi connectivity index (χ4n) is 12.2. The molecule has 2 unspecified atom stereocenters. The molecule has 0 spiro atoms. The van der Waals surface area contributed by atoms with Crippen molar-refractivity contribution in [2.24, 2.45) is 11.8 Å². The zero-order valence-corrected chi connectivity index (χ0v) is 60.1. The summed E-state index contributed by atoms with van der Waals surface area (Å²) in [7, 11) is -9.64. The van der Waals surface area contributed by atoms with Crippen molar-refractivity contribution in [3.8, 4) is 0 Å². The second-order valence-electron chi connectivity index (χ2n) is 25.6. The molecule has 4 aromatic rings. The SMILES string of the molecule is O=C(O)CC[C@H](NC(=O)N[C@@H](CCCCNC(=O)[C@@H](Cc1ccc2ccccc2c1)NC(=O)C1CCC(CNC(=O)C(CCCCNC(=O)CCCc2ccc(I)cc2)NC(=O)CCC(N2CCN(Cc3cccc(C(=O)O)n3)CCN(CP(=O)(O)O)CC2)P(=O)(O)O)CC1)C(=O)O)C(=O)O. The van der Waals surface area contributed by atoms with Gasteiger partial charge in [0, 0.05) is 101 Å². The first kappa shape index (κ1) is 82.4. The average molecular weight is 1560 g/mol. The standard InChI is InChI=1S/C67H94IN11O20P2/c68-50-25-20-44(21-26-50)9-7-16-57(80)69-31-5-3-13-52(73-58(81)28-29-59(101(97,98)99)79-37-35-77(33-34-78(36-38-79)43-100(94,95)96)42-51-12-8-15-53(72-51)64(87)88)62(85)71-41-45-17-23-48(24-18-45)61(84)74-56(40-46-19-22-47-10-1-2-11-49(47)39-46)63(86)70-32-6-4-14-54(65(89)90)75-67(93)76-55(66(91)92)27-30-60(82)83/h1-2,8,10-12,15,19-22,25-26,39,45,48,52,54-56,59H,3-7,9,13-14,16-18,23-24,27-38,40-43H2,(H,69,80)(H,70,86)(H,71,85)(H,73,81)(H,74,84)(H,82,83)(H,87,88)(H,89,90)(H,91,92)(H2,75,76,93)(H2,94,95,96)(H2,97,98,99)/t45?,48?,52?,54-,55-,56+,59?/m0/s1. The number of aliphatic carboxylic acids is 3. The number of carbonyl (C=O) groups excluding carboxylic acids is 6. The number of pyridine rings is 1. The number of aromatic carboxylic acids is 1. The number of hydrogen-bond donors (Lipinski definition) is 15. The second kappa shape index (κ2) is 41.5. The van der Waals surface area contributed by atoms with Gasteiger partial charge in [-0.05, 0) is 165 Å².